The summed E-state index contributed by atoms with van der Waals surface area (Å²) >= 11 is 0. The number of imide groups is 1. The first-order chi connectivity index (χ1) is 8.01. The average Bonchev–Trinajstić information content (AvgIpc) is 2.26. The van der Waals surface area contributed by atoms with E-state index in [4.69, 9.17) is 5.26 Å². The van der Waals surface area contributed by atoms with Gasteiger partial charge < -0.3 is 11.1 Å². The summed E-state index contributed by atoms with van der Waals surface area (Å²) in [5, 5.41) is 15.4. The Hall–Kier alpha value is -2.63. The van der Waals surface area contributed by atoms with Gasteiger partial charge in [-0.05, 0) is 6.42 Å². The number of urea groups is 1. The van der Waals surface area contributed by atoms with Crippen LogP contribution in [0.1, 0.15) is 13.3 Å². The summed E-state index contributed by atoms with van der Waals surface area (Å²) in [5.74, 6) is -1.15. The number of hydrogen-bond donors (Lipinski definition) is 3. The van der Waals surface area contributed by atoms with Gasteiger partial charge in [-0.3, -0.25) is 14.9 Å². The predicted molar refractivity (Wildman–Crippen MR) is 55.5 cm³/mol. The molecule has 0 radical (unpaired) electrons. The molecule has 0 unspecified atom stereocenters. The molecule has 0 fully saturated rings. The van der Waals surface area contributed by atoms with Crippen molar-refractivity contribution in [3.63, 3.8) is 0 Å². The minimum absolute atomic E-state index is 0.365. The molecule has 0 atom stereocenters. The van der Waals surface area contributed by atoms with Gasteiger partial charge in [-0.15, -0.1) is 0 Å². The molecule has 0 bridgehead atoms. The van der Waals surface area contributed by atoms with E-state index in [1.807, 2.05) is 6.92 Å². The number of amides is 4. The number of nitrogens with zero attached hydrogens (tertiary/aromatic N) is 2. The molecule has 17 heavy (non-hydrogen) atoms. The predicted octanol–water partition coefficient (Wildman–Crippen LogP) is -0.803. The maximum atomic E-state index is 11.0. The van der Waals surface area contributed by atoms with Gasteiger partial charge in [0.1, 0.15) is 6.07 Å². The van der Waals surface area contributed by atoms with Crippen LogP contribution >= 0.6 is 0 Å². The molecular formula is C8H11N5O4. The molecule has 0 heterocycles. The van der Waals surface area contributed by atoms with Gasteiger partial charge in [0.25, 0.3) is 5.91 Å². The van der Waals surface area contributed by atoms with Crippen LogP contribution in [0.4, 0.5) is 9.59 Å². The second-order valence-corrected chi connectivity index (χ2v) is 2.68. The monoisotopic (exact) mass is 241 g/mol. The zero-order valence-corrected chi connectivity index (χ0v) is 9.02. The normalized spacial score (nSPS) is 10.0. The van der Waals surface area contributed by atoms with Crippen LogP contribution in [0.5, 0.6) is 0 Å². The Morgan fingerprint density at radius 1 is 1.47 bits per heavy atom. The highest BCUT2D eigenvalue weighted by atomic mass is 16.7. The molecule has 4 amide bonds. The fourth-order valence-electron chi connectivity index (χ4n) is 0.630. The molecule has 0 aromatic heterocycles. The summed E-state index contributed by atoms with van der Waals surface area (Å²) < 4.78 is 0. The van der Waals surface area contributed by atoms with Gasteiger partial charge in [0, 0.05) is 6.54 Å². The third-order valence-corrected chi connectivity index (χ3v) is 1.30. The molecule has 92 valence electrons. The van der Waals surface area contributed by atoms with E-state index < -0.39 is 23.7 Å². The molecule has 4 N–H and O–H groups in total. The summed E-state index contributed by atoms with van der Waals surface area (Å²) in [6, 6.07) is 0.199. The number of rotatable bonds is 4. The number of carbonyl (C=O) groups excluding carboxylic acids is 3. The molecule has 9 nitrogen and oxygen atoms in total. The Kier molecular flexibility index (Phi) is 6.45. The highest BCUT2D eigenvalue weighted by molar-refractivity contribution is 6.46. The Morgan fingerprint density at radius 3 is 2.59 bits per heavy atom. The van der Waals surface area contributed by atoms with Crippen LogP contribution in [-0.2, 0) is 9.63 Å². The molecular weight excluding hydrogens is 230 g/mol. The van der Waals surface area contributed by atoms with Crippen molar-refractivity contribution in [2.24, 2.45) is 10.9 Å². The zero-order chi connectivity index (χ0) is 13.3. The number of nitriles is 1. The standard InChI is InChI=1S/C8H11N5O4/c1-2-3-11-8(16)17-13-5(4-9)6(14)12-7(10)15/h2-3H2,1H3,(H,11,16)(H3,10,12,14,15). The van der Waals surface area contributed by atoms with E-state index in [1.54, 1.807) is 5.32 Å². The van der Waals surface area contributed by atoms with Gasteiger partial charge in [-0.1, -0.05) is 12.1 Å². The molecule has 0 aromatic carbocycles. The van der Waals surface area contributed by atoms with Gasteiger partial charge in [0.15, 0.2) is 0 Å². The molecule has 0 aliphatic carbocycles. The number of oxime groups is 1. The molecule has 0 spiro atoms. The van der Waals surface area contributed by atoms with Gasteiger partial charge in [-0.2, -0.15) is 5.26 Å². The van der Waals surface area contributed by atoms with Crippen LogP contribution in [0.3, 0.4) is 0 Å². The lowest BCUT2D eigenvalue weighted by Crippen LogP contribution is -2.39. The Morgan fingerprint density at radius 2 is 2.12 bits per heavy atom. The number of carbonyl (C=O) groups is 3. The first-order valence-corrected chi connectivity index (χ1v) is 4.55. The van der Waals surface area contributed by atoms with E-state index in [2.05, 4.69) is 21.0 Å². The molecule has 9 heteroatoms. The first-order valence-electron chi connectivity index (χ1n) is 4.55. The van der Waals surface area contributed by atoms with Crippen molar-refractivity contribution in [1.29, 1.82) is 5.26 Å². The third kappa shape index (κ3) is 6.45. The molecule has 0 aliphatic heterocycles. The van der Waals surface area contributed by atoms with Crippen molar-refractivity contribution in [3.8, 4) is 6.07 Å². The number of nitrogens with two attached hydrogens (primary N) is 1. The minimum Gasteiger partial charge on any atom is -0.351 e. The van der Waals surface area contributed by atoms with E-state index >= 15 is 0 Å². The quantitative estimate of drug-likeness (QED) is 0.335. The van der Waals surface area contributed by atoms with Crippen LogP contribution < -0.4 is 16.4 Å². The number of nitrogens with one attached hydrogen (secondary N) is 2. The van der Waals surface area contributed by atoms with Crippen molar-refractivity contribution < 1.29 is 19.2 Å². The molecule has 0 rings (SSSR count). The minimum atomic E-state index is -1.15. The second kappa shape index (κ2) is 7.63. The zero-order valence-electron chi connectivity index (χ0n) is 9.02. The lowest BCUT2D eigenvalue weighted by Gasteiger charge is -2.00. The summed E-state index contributed by atoms with van der Waals surface area (Å²) in [6.45, 7) is 2.19. The van der Waals surface area contributed by atoms with Crippen LogP contribution in [0, 0.1) is 11.3 Å². The highest BCUT2D eigenvalue weighted by Crippen LogP contribution is 1.84. The van der Waals surface area contributed by atoms with Crippen molar-refractivity contribution in [1.82, 2.24) is 10.6 Å². The topological polar surface area (TPSA) is 147 Å². The van der Waals surface area contributed by atoms with E-state index in [0.29, 0.717) is 13.0 Å². The van der Waals surface area contributed by atoms with Crippen molar-refractivity contribution >= 4 is 23.7 Å². The lowest BCUT2D eigenvalue weighted by molar-refractivity contribution is -0.113. The largest absolute Gasteiger partial charge is 0.433 e. The number of hydrogen-bond acceptors (Lipinski definition) is 6. The van der Waals surface area contributed by atoms with Gasteiger partial charge >= 0.3 is 12.1 Å². The fraction of sp³-hybridized carbons (Fsp3) is 0.375. The summed E-state index contributed by atoms with van der Waals surface area (Å²) in [7, 11) is 0. The fourth-order valence-corrected chi connectivity index (χ4v) is 0.630. The van der Waals surface area contributed by atoms with E-state index in [-0.39, 0.29) is 0 Å². The van der Waals surface area contributed by atoms with Crippen molar-refractivity contribution in [2.45, 2.75) is 13.3 Å². The summed E-state index contributed by atoms with van der Waals surface area (Å²) in [6.07, 6.45) is -0.224. The van der Waals surface area contributed by atoms with Gasteiger partial charge in [-0.25, -0.2) is 9.59 Å². The maximum absolute atomic E-state index is 11.0. The van der Waals surface area contributed by atoms with Crippen LogP contribution in [0.25, 0.3) is 0 Å². The van der Waals surface area contributed by atoms with Crippen LogP contribution in [-0.4, -0.2) is 30.3 Å². The summed E-state index contributed by atoms with van der Waals surface area (Å²) in [4.78, 5) is 36.4. The average molecular weight is 241 g/mol. The Balaban J connectivity index is 4.37. The molecule has 0 aliphatic rings. The Bertz CT molecular complexity index is 384. The van der Waals surface area contributed by atoms with Gasteiger partial charge in [0.2, 0.25) is 5.71 Å². The Labute approximate surface area is 96.6 Å². The summed E-state index contributed by atoms with van der Waals surface area (Å²) in [5.41, 5.74) is 3.86. The lowest BCUT2D eigenvalue weighted by atomic mass is 10.4. The highest BCUT2D eigenvalue weighted by Gasteiger charge is 2.14. The maximum Gasteiger partial charge on any atom is 0.433 e. The van der Waals surface area contributed by atoms with E-state index in [1.165, 1.54) is 6.07 Å². The first kappa shape index (κ1) is 14.4. The number of primary amides is 1. The third-order valence-electron chi connectivity index (χ3n) is 1.30. The van der Waals surface area contributed by atoms with Crippen molar-refractivity contribution in [3.05, 3.63) is 0 Å². The van der Waals surface area contributed by atoms with Crippen LogP contribution in [0.2, 0.25) is 0 Å². The van der Waals surface area contributed by atoms with Crippen molar-refractivity contribution in [2.75, 3.05) is 6.54 Å². The molecule has 0 saturated heterocycles. The van der Waals surface area contributed by atoms with E-state index in [0.717, 1.165) is 0 Å². The second-order valence-electron chi connectivity index (χ2n) is 2.68. The smallest absolute Gasteiger partial charge is 0.351 e. The van der Waals surface area contributed by atoms with Gasteiger partial charge in [0.05, 0.1) is 0 Å². The SMILES string of the molecule is CCCNC(=O)ON=C(C#N)C(=O)NC(N)=O. The molecule has 0 aromatic rings. The van der Waals surface area contributed by atoms with Crippen LogP contribution in [0.15, 0.2) is 5.16 Å². The van der Waals surface area contributed by atoms with E-state index in [9.17, 15) is 14.4 Å². The molecule has 0 saturated carbocycles.